The van der Waals surface area contributed by atoms with Crippen LogP contribution < -0.4 is 16.4 Å². The van der Waals surface area contributed by atoms with Gasteiger partial charge in [0.2, 0.25) is 11.9 Å². The number of rotatable bonds is 3. The second-order valence-corrected chi connectivity index (χ2v) is 7.37. The molecule has 0 bridgehead atoms. The van der Waals surface area contributed by atoms with Crippen molar-refractivity contribution in [3.8, 4) is 0 Å². The zero-order valence-electron chi connectivity index (χ0n) is 15.8. The van der Waals surface area contributed by atoms with E-state index in [-0.39, 0.29) is 23.9 Å². The van der Waals surface area contributed by atoms with Gasteiger partial charge in [-0.15, -0.1) is 0 Å². The Morgan fingerprint density at radius 2 is 1.93 bits per heavy atom. The lowest BCUT2D eigenvalue weighted by Gasteiger charge is -2.36. The fraction of sp³-hybridized carbons (Fsp3) is 0.368. The zero-order valence-corrected chi connectivity index (χ0v) is 16.5. The predicted molar refractivity (Wildman–Crippen MR) is 111 cm³/mol. The number of benzene rings is 1. The Labute approximate surface area is 167 Å². The first-order chi connectivity index (χ1) is 13.4. The van der Waals surface area contributed by atoms with Gasteiger partial charge in [-0.3, -0.25) is 0 Å². The maximum atomic E-state index is 6.42. The molecule has 2 aromatic heterocycles. The van der Waals surface area contributed by atoms with Gasteiger partial charge in [-0.25, -0.2) is 4.98 Å². The fourth-order valence-corrected chi connectivity index (χ4v) is 3.74. The largest absolute Gasteiger partial charge is 0.377 e. The summed E-state index contributed by atoms with van der Waals surface area (Å²) < 4.78 is 5.60. The third-order valence-corrected chi connectivity index (χ3v) is 5.29. The van der Waals surface area contributed by atoms with Crippen LogP contribution in [-0.4, -0.2) is 45.7 Å². The van der Waals surface area contributed by atoms with E-state index >= 15 is 0 Å². The molecule has 0 amide bonds. The molecule has 0 aliphatic carbocycles. The van der Waals surface area contributed by atoms with Crippen molar-refractivity contribution in [2.45, 2.75) is 25.8 Å². The highest BCUT2D eigenvalue weighted by Gasteiger charge is 2.27. The second kappa shape index (κ2) is 7.37. The quantitative estimate of drug-likeness (QED) is 0.690. The van der Waals surface area contributed by atoms with Crippen molar-refractivity contribution in [1.82, 2.24) is 19.9 Å². The average molecular weight is 400 g/mol. The molecule has 0 spiro atoms. The molecule has 0 radical (unpaired) electrons. The Hall–Kier alpha value is -2.71. The van der Waals surface area contributed by atoms with E-state index in [4.69, 9.17) is 32.8 Å². The van der Waals surface area contributed by atoms with Crippen molar-refractivity contribution in [2.24, 2.45) is 0 Å². The number of hydrogen-bond acceptors (Lipinski definition) is 8. The van der Waals surface area contributed by atoms with Crippen molar-refractivity contribution in [1.29, 1.82) is 0 Å². The second-order valence-electron chi connectivity index (χ2n) is 6.96. The number of nitrogens with zero attached hydrogens (tertiary/aromatic N) is 5. The van der Waals surface area contributed by atoms with Crippen LogP contribution in [0, 0.1) is 0 Å². The standard InChI is InChI=1S/C19H22ClN7O/c1-10-9-28-7-6-27(10)17-13(8-12-4-3-5-14(20)15(12)23-17)11(2)16-24-18(21)26-19(22)25-16/h3-5,8,10-11H,6-7,9H2,1-2H3,(H4,21,22,24,25,26)/t10-,11-/m0/s1. The Morgan fingerprint density at radius 3 is 2.64 bits per heavy atom. The first kappa shape index (κ1) is 18.6. The lowest BCUT2D eigenvalue weighted by Crippen LogP contribution is -2.44. The number of fused-ring (bicyclic) bond motifs is 1. The molecule has 3 aromatic rings. The maximum Gasteiger partial charge on any atom is 0.225 e. The normalized spacial score (nSPS) is 18.4. The number of halogens is 1. The van der Waals surface area contributed by atoms with Gasteiger partial charge in [0.1, 0.15) is 11.6 Å². The van der Waals surface area contributed by atoms with Crippen LogP contribution in [0.3, 0.4) is 0 Å². The van der Waals surface area contributed by atoms with Gasteiger partial charge in [0.15, 0.2) is 0 Å². The summed E-state index contributed by atoms with van der Waals surface area (Å²) in [5.74, 6) is 1.38. The van der Waals surface area contributed by atoms with E-state index in [2.05, 4.69) is 32.8 Å². The van der Waals surface area contributed by atoms with Crippen molar-refractivity contribution in [2.75, 3.05) is 36.1 Å². The molecule has 0 unspecified atom stereocenters. The number of nitrogens with two attached hydrogens (primary N) is 2. The molecule has 1 aliphatic heterocycles. The summed E-state index contributed by atoms with van der Waals surface area (Å²) in [6.07, 6.45) is 0. The van der Waals surface area contributed by atoms with Gasteiger partial charge in [-0.2, -0.15) is 15.0 Å². The highest BCUT2D eigenvalue weighted by molar-refractivity contribution is 6.35. The number of nitrogen functional groups attached to an aromatic ring is 2. The van der Waals surface area contributed by atoms with E-state index in [1.165, 1.54) is 0 Å². The van der Waals surface area contributed by atoms with E-state index < -0.39 is 0 Å². The molecule has 1 aliphatic rings. The van der Waals surface area contributed by atoms with Crippen molar-refractivity contribution >= 4 is 40.2 Å². The van der Waals surface area contributed by atoms with Crippen molar-refractivity contribution < 1.29 is 4.74 Å². The number of anilines is 3. The van der Waals surface area contributed by atoms with Crippen molar-refractivity contribution in [3.63, 3.8) is 0 Å². The number of morpholine rings is 1. The van der Waals surface area contributed by atoms with Gasteiger partial charge in [0.25, 0.3) is 0 Å². The molecule has 3 heterocycles. The molecule has 8 nitrogen and oxygen atoms in total. The molecule has 1 saturated heterocycles. The highest BCUT2D eigenvalue weighted by Crippen LogP contribution is 2.35. The minimum Gasteiger partial charge on any atom is -0.377 e. The molecule has 4 rings (SSSR count). The van der Waals surface area contributed by atoms with Crippen LogP contribution in [0.1, 0.15) is 31.2 Å². The summed E-state index contributed by atoms with van der Waals surface area (Å²) in [5.41, 5.74) is 13.3. The minimum absolute atomic E-state index is 0.104. The SMILES string of the molecule is C[C@H](c1nc(N)nc(N)n1)c1cc2cccc(Cl)c2nc1N1CCOC[C@@H]1C. The Kier molecular flexibility index (Phi) is 4.91. The van der Waals surface area contributed by atoms with Crippen molar-refractivity contribution in [3.05, 3.63) is 40.7 Å². The van der Waals surface area contributed by atoms with E-state index in [0.29, 0.717) is 24.1 Å². The Bertz CT molecular complexity index is 1010. The Morgan fingerprint density at radius 1 is 1.18 bits per heavy atom. The van der Waals surface area contributed by atoms with Gasteiger partial charge in [0, 0.05) is 23.4 Å². The highest BCUT2D eigenvalue weighted by atomic mass is 35.5. The molecular formula is C19H22ClN7O. The van der Waals surface area contributed by atoms with E-state index in [1.807, 2.05) is 25.1 Å². The van der Waals surface area contributed by atoms with Crippen LogP contribution in [0.5, 0.6) is 0 Å². The van der Waals surface area contributed by atoms with Crippen LogP contribution in [0.15, 0.2) is 24.3 Å². The van der Waals surface area contributed by atoms with Crippen LogP contribution in [-0.2, 0) is 4.74 Å². The van der Waals surface area contributed by atoms with E-state index in [1.54, 1.807) is 0 Å². The fourth-order valence-electron chi connectivity index (χ4n) is 3.52. The van der Waals surface area contributed by atoms with Crippen LogP contribution >= 0.6 is 11.6 Å². The first-order valence-corrected chi connectivity index (χ1v) is 9.52. The van der Waals surface area contributed by atoms with Gasteiger partial charge >= 0.3 is 0 Å². The third kappa shape index (κ3) is 3.41. The van der Waals surface area contributed by atoms with E-state index in [9.17, 15) is 0 Å². The monoisotopic (exact) mass is 399 g/mol. The Balaban J connectivity index is 1.91. The van der Waals surface area contributed by atoms with Crippen LogP contribution in [0.2, 0.25) is 5.02 Å². The number of pyridine rings is 1. The van der Waals surface area contributed by atoms with Crippen LogP contribution in [0.25, 0.3) is 10.9 Å². The topological polar surface area (TPSA) is 116 Å². The lowest BCUT2D eigenvalue weighted by molar-refractivity contribution is 0.0984. The molecule has 146 valence electrons. The number of aromatic nitrogens is 4. The third-order valence-electron chi connectivity index (χ3n) is 4.99. The molecule has 9 heteroatoms. The maximum absolute atomic E-state index is 6.42. The molecule has 1 fully saturated rings. The average Bonchev–Trinajstić information content (AvgIpc) is 2.66. The summed E-state index contributed by atoms with van der Waals surface area (Å²) in [6, 6.07) is 8.02. The van der Waals surface area contributed by atoms with Gasteiger partial charge < -0.3 is 21.1 Å². The summed E-state index contributed by atoms with van der Waals surface area (Å²) in [4.78, 5) is 19.6. The summed E-state index contributed by atoms with van der Waals surface area (Å²) in [6.45, 7) is 6.15. The van der Waals surface area contributed by atoms with E-state index in [0.717, 1.165) is 28.8 Å². The minimum atomic E-state index is -0.187. The molecule has 0 saturated carbocycles. The van der Waals surface area contributed by atoms with Gasteiger partial charge in [-0.05, 0) is 19.1 Å². The molecule has 2 atom stereocenters. The summed E-state index contributed by atoms with van der Waals surface area (Å²) in [7, 11) is 0. The number of para-hydroxylation sites is 1. The smallest absolute Gasteiger partial charge is 0.225 e. The molecule has 4 N–H and O–H groups in total. The first-order valence-electron chi connectivity index (χ1n) is 9.14. The summed E-state index contributed by atoms with van der Waals surface area (Å²) in [5, 5.41) is 1.57. The predicted octanol–water partition coefficient (Wildman–Crippen LogP) is 2.61. The van der Waals surface area contributed by atoms with Gasteiger partial charge in [-0.1, -0.05) is 30.7 Å². The summed E-state index contributed by atoms with van der Waals surface area (Å²) >= 11 is 6.42. The zero-order chi connectivity index (χ0) is 19.8. The number of hydrogen-bond donors (Lipinski definition) is 2. The molecule has 1 aromatic carbocycles. The van der Waals surface area contributed by atoms with Crippen LogP contribution in [0.4, 0.5) is 17.7 Å². The van der Waals surface area contributed by atoms with Gasteiger partial charge in [0.05, 0.1) is 29.8 Å². The molecule has 28 heavy (non-hydrogen) atoms. The lowest BCUT2D eigenvalue weighted by atomic mass is 9.97. The molecular weight excluding hydrogens is 378 g/mol. The number of ether oxygens (including phenoxy) is 1.